The van der Waals surface area contributed by atoms with Crippen molar-refractivity contribution in [3.63, 3.8) is 0 Å². The van der Waals surface area contributed by atoms with Crippen molar-refractivity contribution >= 4 is 17.7 Å². The van der Waals surface area contributed by atoms with Crippen LogP contribution in [0.25, 0.3) is 0 Å². The Morgan fingerprint density at radius 3 is 1.71 bits per heavy atom. The minimum absolute atomic E-state index is 0.116. The lowest BCUT2D eigenvalue weighted by atomic mass is 9.77. The molecule has 0 amide bonds. The molecule has 0 aromatic heterocycles. The Morgan fingerprint density at radius 1 is 1.07 bits per heavy atom. The van der Waals surface area contributed by atoms with Crippen LogP contribution in [0.5, 0.6) is 0 Å². The number of carbonyl (C=O) groups is 3. The second kappa shape index (κ2) is 4.74. The third-order valence-corrected chi connectivity index (χ3v) is 2.46. The van der Waals surface area contributed by atoms with Crippen molar-refractivity contribution in [1.82, 2.24) is 0 Å². The maximum atomic E-state index is 11.4. The topological polar surface area (TPSA) is 91.7 Å². The number of carboxylic acids is 2. The van der Waals surface area contributed by atoms with Crippen LogP contribution in [0.2, 0.25) is 0 Å². The van der Waals surface area contributed by atoms with E-state index in [0.717, 1.165) is 0 Å². The van der Waals surface area contributed by atoms with Crippen molar-refractivity contribution in [3.8, 4) is 0 Å². The second-order valence-electron chi connectivity index (χ2n) is 3.09. The largest absolute Gasteiger partial charge is 0.481 e. The summed E-state index contributed by atoms with van der Waals surface area (Å²) >= 11 is 0. The fourth-order valence-electron chi connectivity index (χ4n) is 1.37. The van der Waals surface area contributed by atoms with E-state index in [1.54, 1.807) is 13.8 Å². The van der Waals surface area contributed by atoms with Gasteiger partial charge in [0, 0.05) is 0 Å². The molecule has 0 aliphatic carbocycles. The number of ketones is 1. The van der Waals surface area contributed by atoms with Crippen molar-refractivity contribution in [3.05, 3.63) is 0 Å². The number of aliphatic carboxylic acids is 2. The average molecular weight is 202 g/mol. The molecule has 0 atom stereocenters. The zero-order valence-electron chi connectivity index (χ0n) is 8.24. The number of hydrogen-bond acceptors (Lipinski definition) is 3. The Morgan fingerprint density at radius 2 is 1.50 bits per heavy atom. The van der Waals surface area contributed by atoms with E-state index in [4.69, 9.17) is 10.2 Å². The third-order valence-electron chi connectivity index (χ3n) is 2.46. The quantitative estimate of drug-likeness (QED) is 0.625. The Bertz CT molecular complexity index is 252. The fourth-order valence-corrected chi connectivity index (χ4v) is 1.37. The zero-order valence-corrected chi connectivity index (χ0v) is 8.24. The van der Waals surface area contributed by atoms with Gasteiger partial charge in [-0.3, -0.25) is 14.4 Å². The zero-order chi connectivity index (χ0) is 11.4. The molecule has 0 heterocycles. The lowest BCUT2D eigenvalue weighted by Crippen LogP contribution is -2.39. The van der Waals surface area contributed by atoms with Crippen LogP contribution in [0.15, 0.2) is 0 Å². The summed E-state index contributed by atoms with van der Waals surface area (Å²) in [4.78, 5) is 32.6. The molecule has 0 aliphatic heterocycles. The van der Waals surface area contributed by atoms with E-state index in [2.05, 4.69) is 0 Å². The van der Waals surface area contributed by atoms with Gasteiger partial charge < -0.3 is 10.2 Å². The van der Waals surface area contributed by atoms with Gasteiger partial charge in [-0.1, -0.05) is 13.8 Å². The van der Waals surface area contributed by atoms with Gasteiger partial charge in [-0.05, 0) is 12.8 Å². The van der Waals surface area contributed by atoms with Crippen LogP contribution < -0.4 is 0 Å². The highest BCUT2D eigenvalue weighted by atomic mass is 16.4. The van der Waals surface area contributed by atoms with Crippen LogP contribution in [0.3, 0.4) is 0 Å². The van der Waals surface area contributed by atoms with Crippen LogP contribution in [-0.2, 0) is 14.4 Å². The Hall–Kier alpha value is -1.39. The highest BCUT2D eigenvalue weighted by Gasteiger charge is 2.42. The Labute approximate surface area is 81.7 Å². The second-order valence-corrected chi connectivity index (χ2v) is 3.09. The maximum Gasteiger partial charge on any atom is 0.317 e. The molecule has 0 aromatic carbocycles. The molecule has 0 saturated carbocycles. The van der Waals surface area contributed by atoms with Gasteiger partial charge >= 0.3 is 11.9 Å². The molecular formula is C9H14O5. The normalized spacial score (nSPS) is 11.0. The lowest BCUT2D eigenvalue weighted by molar-refractivity contribution is -0.156. The molecule has 0 spiro atoms. The summed E-state index contributed by atoms with van der Waals surface area (Å²) in [6.07, 6.45) is -0.496. The van der Waals surface area contributed by atoms with Crippen LogP contribution in [0.1, 0.15) is 33.1 Å². The van der Waals surface area contributed by atoms with Crippen LogP contribution in [-0.4, -0.2) is 27.9 Å². The maximum absolute atomic E-state index is 11.4. The predicted molar refractivity (Wildman–Crippen MR) is 47.9 cm³/mol. The van der Waals surface area contributed by atoms with Gasteiger partial charge in [-0.15, -0.1) is 0 Å². The minimum Gasteiger partial charge on any atom is -0.481 e. The van der Waals surface area contributed by atoms with Crippen molar-refractivity contribution in [2.75, 3.05) is 0 Å². The van der Waals surface area contributed by atoms with Gasteiger partial charge in [-0.2, -0.15) is 0 Å². The molecule has 0 radical (unpaired) electrons. The molecule has 5 nitrogen and oxygen atoms in total. The first-order chi connectivity index (χ1) is 6.40. The first-order valence-electron chi connectivity index (χ1n) is 4.39. The first-order valence-corrected chi connectivity index (χ1v) is 4.39. The van der Waals surface area contributed by atoms with Gasteiger partial charge in [0.15, 0.2) is 5.78 Å². The SMILES string of the molecule is CCC(CC)(C(=O)O)C(=O)CC(=O)O. The predicted octanol–water partition coefficient (Wildman–Crippen LogP) is 0.921. The van der Waals surface area contributed by atoms with E-state index in [9.17, 15) is 14.4 Å². The summed E-state index contributed by atoms with van der Waals surface area (Å²) in [7, 11) is 0. The number of carbonyl (C=O) groups excluding carboxylic acids is 1. The first kappa shape index (κ1) is 12.6. The van der Waals surface area contributed by atoms with E-state index < -0.39 is 29.6 Å². The monoisotopic (exact) mass is 202 g/mol. The molecule has 0 saturated heterocycles. The Kier molecular flexibility index (Phi) is 4.27. The molecule has 0 fully saturated rings. The van der Waals surface area contributed by atoms with Crippen molar-refractivity contribution < 1.29 is 24.6 Å². The van der Waals surface area contributed by atoms with Crippen molar-refractivity contribution in [2.24, 2.45) is 5.41 Å². The van der Waals surface area contributed by atoms with Gasteiger partial charge in [-0.25, -0.2) is 0 Å². The highest BCUT2D eigenvalue weighted by Crippen LogP contribution is 2.29. The van der Waals surface area contributed by atoms with E-state index in [-0.39, 0.29) is 12.8 Å². The summed E-state index contributed by atoms with van der Waals surface area (Å²) in [6.45, 7) is 3.13. The number of hydrogen-bond donors (Lipinski definition) is 2. The summed E-state index contributed by atoms with van der Waals surface area (Å²) < 4.78 is 0. The molecule has 0 aliphatic rings. The van der Waals surface area contributed by atoms with Crippen LogP contribution >= 0.6 is 0 Å². The smallest absolute Gasteiger partial charge is 0.317 e. The van der Waals surface area contributed by atoms with Gasteiger partial charge in [0.1, 0.15) is 11.8 Å². The van der Waals surface area contributed by atoms with Gasteiger partial charge in [0.25, 0.3) is 0 Å². The van der Waals surface area contributed by atoms with E-state index >= 15 is 0 Å². The molecule has 0 unspecified atom stereocenters. The summed E-state index contributed by atoms with van der Waals surface area (Å²) in [5, 5.41) is 17.3. The molecule has 0 aromatic rings. The van der Waals surface area contributed by atoms with Crippen LogP contribution in [0, 0.1) is 5.41 Å². The van der Waals surface area contributed by atoms with Crippen molar-refractivity contribution in [1.29, 1.82) is 0 Å². The molecular weight excluding hydrogens is 188 g/mol. The van der Waals surface area contributed by atoms with Crippen molar-refractivity contribution in [2.45, 2.75) is 33.1 Å². The number of Topliss-reactive ketones (excluding diaryl/α,β-unsaturated/α-hetero) is 1. The molecule has 80 valence electrons. The number of carboxylic acid groups (broad SMARTS) is 2. The summed E-state index contributed by atoms with van der Waals surface area (Å²) in [6, 6.07) is 0. The van der Waals surface area contributed by atoms with E-state index in [1.165, 1.54) is 0 Å². The average Bonchev–Trinajstić information content (AvgIpc) is 2.05. The molecule has 0 bridgehead atoms. The molecule has 0 rings (SSSR count). The standard InChI is InChI=1S/C9H14O5/c1-3-9(4-2,8(13)14)6(10)5-7(11)12/h3-5H2,1-2H3,(H,11,12)(H,13,14). The Balaban J connectivity index is 4.90. The molecule has 2 N–H and O–H groups in total. The summed E-state index contributed by atoms with van der Waals surface area (Å²) in [5.74, 6) is -3.27. The number of rotatable bonds is 6. The molecule has 5 heteroatoms. The third kappa shape index (κ3) is 2.31. The lowest BCUT2D eigenvalue weighted by Gasteiger charge is -2.23. The summed E-state index contributed by atoms with van der Waals surface area (Å²) in [5.41, 5.74) is -1.53. The fraction of sp³-hybridized carbons (Fsp3) is 0.667. The van der Waals surface area contributed by atoms with E-state index in [0.29, 0.717) is 0 Å². The van der Waals surface area contributed by atoms with Gasteiger partial charge in [0.2, 0.25) is 0 Å². The minimum atomic E-state index is -1.53. The molecule has 14 heavy (non-hydrogen) atoms. The highest BCUT2D eigenvalue weighted by molar-refractivity contribution is 6.08. The van der Waals surface area contributed by atoms with Gasteiger partial charge in [0.05, 0.1) is 0 Å². The van der Waals surface area contributed by atoms with Crippen LogP contribution in [0.4, 0.5) is 0 Å². The van der Waals surface area contributed by atoms with E-state index in [1.807, 2.05) is 0 Å².